The number of aromatic nitrogens is 1. The fourth-order valence-corrected chi connectivity index (χ4v) is 2.88. The molecular formula is C22H20FNO2. The van der Waals surface area contributed by atoms with Crippen LogP contribution in [0, 0.1) is 5.82 Å². The molecule has 1 N–H and O–H groups in total. The summed E-state index contributed by atoms with van der Waals surface area (Å²) >= 11 is 0. The molecule has 3 rings (SSSR count). The maximum absolute atomic E-state index is 13.4. The minimum Gasteiger partial charge on any atom is -0.494 e. The van der Waals surface area contributed by atoms with Crippen LogP contribution in [-0.2, 0) is 11.2 Å². The Kier molecular flexibility index (Phi) is 5.32. The number of ether oxygens (including phenoxy) is 1. The van der Waals surface area contributed by atoms with E-state index in [9.17, 15) is 9.18 Å². The van der Waals surface area contributed by atoms with Crippen molar-refractivity contribution < 1.29 is 9.13 Å². The van der Waals surface area contributed by atoms with Gasteiger partial charge in [-0.25, -0.2) is 4.39 Å². The lowest BCUT2D eigenvalue weighted by atomic mass is 9.99. The van der Waals surface area contributed by atoms with Crippen LogP contribution in [0.5, 0.6) is 0 Å². The van der Waals surface area contributed by atoms with Gasteiger partial charge in [-0.3, -0.25) is 4.79 Å². The van der Waals surface area contributed by atoms with Gasteiger partial charge in [0, 0.05) is 17.5 Å². The van der Waals surface area contributed by atoms with E-state index in [0.29, 0.717) is 30.0 Å². The molecule has 0 unspecified atom stereocenters. The first-order valence-electron chi connectivity index (χ1n) is 8.46. The third kappa shape index (κ3) is 3.91. The molecule has 3 aromatic rings. The average Bonchev–Trinajstić information content (AvgIpc) is 2.64. The Hall–Kier alpha value is -3.14. The smallest absolute Gasteiger partial charge is 0.251 e. The molecule has 1 aromatic heterocycles. The number of hydrogen-bond donors (Lipinski definition) is 1. The normalized spacial score (nSPS) is 10.5. The lowest BCUT2D eigenvalue weighted by Crippen LogP contribution is -2.16. The average molecular weight is 349 g/mol. The van der Waals surface area contributed by atoms with Crippen molar-refractivity contribution in [3.63, 3.8) is 0 Å². The zero-order valence-corrected chi connectivity index (χ0v) is 14.6. The van der Waals surface area contributed by atoms with Gasteiger partial charge in [0.25, 0.3) is 5.56 Å². The Bertz CT molecular complexity index is 977. The zero-order valence-electron chi connectivity index (χ0n) is 14.6. The second-order valence-corrected chi connectivity index (χ2v) is 5.94. The van der Waals surface area contributed by atoms with Crippen molar-refractivity contribution in [2.45, 2.75) is 13.3 Å². The highest BCUT2D eigenvalue weighted by atomic mass is 19.1. The molecule has 0 atom stereocenters. The minimum atomic E-state index is -0.321. The number of nitrogens with one attached hydrogen (secondary N) is 1. The van der Waals surface area contributed by atoms with Crippen LogP contribution in [0.4, 0.5) is 4.39 Å². The molecular weight excluding hydrogens is 329 g/mol. The van der Waals surface area contributed by atoms with Gasteiger partial charge in [-0.15, -0.1) is 0 Å². The van der Waals surface area contributed by atoms with E-state index >= 15 is 0 Å². The summed E-state index contributed by atoms with van der Waals surface area (Å²) in [7, 11) is 0. The van der Waals surface area contributed by atoms with Gasteiger partial charge in [0.05, 0.1) is 12.3 Å². The molecule has 0 aliphatic rings. The second-order valence-electron chi connectivity index (χ2n) is 5.94. The largest absolute Gasteiger partial charge is 0.494 e. The van der Waals surface area contributed by atoms with E-state index in [2.05, 4.69) is 11.6 Å². The van der Waals surface area contributed by atoms with E-state index in [-0.39, 0.29) is 11.4 Å². The molecule has 2 aromatic carbocycles. The molecule has 0 bridgehead atoms. The van der Waals surface area contributed by atoms with Crippen molar-refractivity contribution in [2.75, 3.05) is 6.61 Å². The third-order valence-electron chi connectivity index (χ3n) is 4.08. The van der Waals surface area contributed by atoms with E-state index in [0.717, 1.165) is 16.7 Å². The molecule has 0 fully saturated rings. The molecule has 0 amide bonds. The number of aromatic amines is 1. The van der Waals surface area contributed by atoms with E-state index in [1.165, 1.54) is 12.1 Å². The summed E-state index contributed by atoms with van der Waals surface area (Å²) in [6, 6.07) is 17.6. The summed E-state index contributed by atoms with van der Waals surface area (Å²) in [6.45, 7) is 6.35. The van der Waals surface area contributed by atoms with Gasteiger partial charge >= 0.3 is 0 Å². The number of pyridine rings is 1. The number of rotatable bonds is 6. The quantitative estimate of drug-likeness (QED) is 0.651. The monoisotopic (exact) mass is 349 g/mol. The maximum Gasteiger partial charge on any atom is 0.251 e. The van der Waals surface area contributed by atoms with Crippen molar-refractivity contribution in [3.05, 3.63) is 100 Å². The van der Waals surface area contributed by atoms with Gasteiger partial charge in [-0.1, -0.05) is 49.0 Å². The highest BCUT2D eigenvalue weighted by Gasteiger charge is 2.14. The molecule has 1 heterocycles. The van der Waals surface area contributed by atoms with E-state index in [1.54, 1.807) is 18.2 Å². The van der Waals surface area contributed by atoms with Gasteiger partial charge in [-0.05, 0) is 36.2 Å². The minimum absolute atomic E-state index is 0.207. The van der Waals surface area contributed by atoms with Crippen LogP contribution in [0.15, 0.2) is 72.0 Å². The molecule has 0 spiro atoms. The molecule has 4 heteroatoms. The first-order valence-corrected chi connectivity index (χ1v) is 8.46. The fourth-order valence-electron chi connectivity index (χ4n) is 2.88. The summed E-state index contributed by atoms with van der Waals surface area (Å²) in [4.78, 5) is 15.6. The summed E-state index contributed by atoms with van der Waals surface area (Å²) in [5, 5.41) is 0. The van der Waals surface area contributed by atoms with Crippen molar-refractivity contribution in [3.8, 4) is 11.3 Å². The summed E-state index contributed by atoms with van der Waals surface area (Å²) in [6.07, 6.45) is 0.328. The van der Waals surface area contributed by atoms with Gasteiger partial charge in [0.2, 0.25) is 0 Å². The van der Waals surface area contributed by atoms with Crippen LogP contribution in [-0.4, -0.2) is 11.6 Å². The van der Waals surface area contributed by atoms with Crippen LogP contribution < -0.4 is 5.56 Å². The van der Waals surface area contributed by atoms with E-state index < -0.39 is 0 Å². The van der Waals surface area contributed by atoms with E-state index in [1.807, 2.05) is 37.3 Å². The van der Waals surface area contributed by atoms with Gasteiger partial charge in [-0.2, -0.15) is 0 Å². The van der Waals surface area contributed by atoms with Crippen molar-refractivity contribution in [2.24, 2.45) is 0 Å². The lowest BCUT2D eigenvalue weighted by molar-refractivity contribution is 0.299. The standard InChI is InChI=1S/C22H20FNO2/c1-3-26-15(2)20-14-18(12-16-8-7-11-19(23)13-16)22(25)24-21(20)17-9-5-4-6-10-17/h4-11,13-14H,2-3,12H2,1H3,(H,24,25). The molecule has 26 heavy (non-hydrogen) atoms. The van der Waals surface area contributed by atoms with Crippen LogP contribution in [0.3, 0.4) is 0 Å². The van der Waals surface area contributed by atoms with Crippen molar-refractivity contribution in [1.82, 2.24) is 4.98 Å². The van der Waals surface area contributed by atoms with Crippen molar-refractivity contribution in [1.29, 1.82) is 0 Å². The number of benzene rings is 2. The van der Waals surface area contributed by atoms with Gasteiger partial charge in [0.15, 0.2) is 0 Å². The lowest BCUT2D eigenvalue weighted by Gasteiger charge is -2.14. The van der Waals surface area contributed by atoms with Gasteiger partial charge < -0.3 is 9.72 Å². The van der Waals surface area contributed by atoms with Crippen molar-refractivity contribution >= 4 is 5.76 Å². The predicted octanol–water partition coefficient (Wildman–Crippen LogP) is 4.78. The third-order valence-corrected chi connectivity index (χ3v) is 4.08. The number of hydrogen-bond acceptors (Lipinski definition) is 2. The Balaban J connectivity index is 2.09. The van der Waals surface area contributed by atoms with Crippen LogP contribution in [0.25, 0.3) is 17.0 Å². The number of H-pyrrole nitrogens is 1. The first kappa shape index (κ1) is 17.7. The Labute approximate surface area is 151 Å². The Morgan fingerprint density at radius 1 is 1.12 bits per heavy atom. The topological polar surface area (TPSA) is 42.1 Å². The highest BCUT2D eigenvalue weighted by molar-refractivity contribution is 5.75. The fraction of sp³-hybridized carbons (Fsp3) is 0.136. The van der Waals surface area contributed by atoms with E-state index in [4.69, 9.17) is 4.74 Å². The second kappa shape index (κ2) is 7.83. The van der Waals surface area contributed by atoms with Gasteiger partial charge in [0.1, 0.15) is 11.6 Å². The Morgan fingerprint density at radius 2 is 1.88 bits per heavy atom. The SMILES string of the molecule is C=C(OCC)c1cc(Cc2cccc(F)c2)c(=O)[nH]c1-c1ccccc1. The summed E-state index contributed by atoms with van der Waals surface area (Å²) < 4.78 is 19.0. The molecule has 0 saturated heterocycles. The molecule has 0 aliphatic heterocycles. The summed E-state index contributed by atoms with van der Waals surface area (Å²) in [5.41, 5.74) is 3.32. The Morgan fingerprint density at radius 3 is 2.58 bits per heavy atom. The molecule has 0 aliphatic carbocycles. The summed E-state index contributed by atoms with van der Waals surface area (Å²) in [5.74, 6) is 0.168. The highest BCUT2D eigenvalue weighted by Crippen LogP contribution is 2.27. The molecule has 0 saturated carbocycles. The maximum atomic E-state index is 13.4. The van der Waals surface area contributed by atoms with Crippen LogP contribution in [0.1, 0.15) is 23.6 Å². The zero-order chi connectivity index (χ0) is 18.5. The molecule has 3 nitrogen and oxygen atoms in total. The predicted molar refractivity (Wildman–Crippen MR) is 102 cm³/mol. The number of halogens is 1. The van der Waals surface area contributed by atoms with Crippen LogP contribution >= 0.6 is 0 Å². The first-order chi connectivity index (χ1) is 12.6. The van der Waals surface area contributed by atoms with Crippen LogP contribution in [0.2, 0.25) is 0 Å². The molecule has 0 radical (unpaired) electrons. The molecule has 132 valence electrons.